The van der Waals surface area contributed by atoms with Crippen molar-refractivity contribution in [1.29, 1.82) is 0 Å². The van der Waals surface area contributed by atoms with Crippen molar-refractivity contribution in [3.8, 4) is 0 Å². The zero-order chi connectivity index (χ0) is 14.1. The molecule has 1 aliphatic carbocycles. The van der Waals surface area contributed by atoms with E-state index in [4.69, 9.17) is 0 Å². The molecule has 8 nitrogen and oxygen atoms in total. The van der Waals surface area contributed by atoms with E-state index in [1.54, 1.807) is 0 Å². The van der Waals surface area contributed by atoms with Gasteiger partial charge in [-0.2, -0.15) is 0 Å². The Morgan fingerprint density at radius 1 is 1.32 bits per heavy atom. The SMILES string of the molecule is O=c1[nH]cc(S(=O)(=O)NCC2(O)CCCC2)c(=O)[nH]1. The monoisotopic (exact) mass is 289 g/mol. The summed E-state index contributed by atoms with van der Waals surface area (Å²) in [7, 11) is -4.06. The number of sulfonamides is 1. The average molecular weight is 289 g/mol. The third-order valence-electron chi connectivity index (χ3n) is 3.20. The Hall–Kier alpha value is -1.45. The molecule has 0 unspecified atom stereocenters. The summed E-state index contributed by atoms with van der Waals surface area (Å²) in [5.74, 6) is 0. The Kier molecular flexibility index (Phi) is 3.61. The second-order valence-corrected chi connectivity index (χ2v) is 6.43. The molecule has 4 N–H and O–H groups in total. The normalized spacial score (nSPS) is 18.6. The number of aliphatic hydroxyl groups is 1. The third kappa shape index (κ3) is 3.11. The predicted octanol–water partition coefficient (Wildman–Crippen LogP) is -1.35. The van der Waals surface area contributed by atoms with Crippen molar-refractivity contribution in [3.63, 3.8) is 0 Å². The van der Waals surface area contributed by atoms with E-state index in [1.165, 1.54) is 0 Å². The number of H-pyrrole nitrogens is 2. The number of hydrogen-bond acceptors (Lipinski definition) is 5. The Bertz CT molecular complexity index is 669. The van der Waals surface area contributed by atoms with Gasteiger partial charge < -0.3 is 10.1 Å². The molecule has 0 spiro atoms. The maximum Gasteiger partial charge on any atom is 0.325 e. The van der Waals surface area contributed by atoms with Crippen LogP contribution >= 0.6 is 0 Å². The number of aromatic amines is 2. The number of aromatic nitrogens is 2. The molecule has 9 heteroatoms. The van der Waals surface area contributed by atoms with Gasteiger partial charge in [0.15, 0.2) is 4.90 Å². The van der Waals surface area contributed by atoms with Gasteiger partial charge in [-0.15, -0.1) is 0 Å². The standard InChI is InChI=1S/C10H15N3O5S/c14-8-7(5-11-9(15)13-8)19(17,18)12-6-10(16)3-1-2-4-10/h5,12,16H,1-4,6H2,(H2,11,13,14,15). The Balaban J connectivity index is 2.18. The molecule has 0 amide bonds. The van der Waals surface area contributed by atoms with Crippen LogP contribution in [0.3, 0.4) is 0 Å². The summed E-state index contributed by atoms with van der Waals surface area (Å²) in [5, 5.41) is 10.0. The van der Waals surface area contributed by atoms with Gasteiger partial charge in [0.05, 0.1) is 5.60 Å². The maximum atomic E-state index is 11.9. The second kappa shape index (κ2) is 4.91. The fourth-order valence-corrected chi connectivity index (χ4v) is 3.24. The zero-order valence-electron chi connectivity index (χ0n) is 10.1. The summed E-state index contributed by atoms with van der Waals surface area (Å²) >= 11 is 0. The van der Waals surface area contributed by atoms with Gasteiger partial charge in [0.2, 0.25) is 10.0 Å². The second-order valence-electron chi connectivity index (χ2n) is 4.69. The minimum atomic E-state index is -4.06. The fraction of sp³-hybridized carbons (Fsp3) is 0.600. The van der Waals surface area contributed by atoms with Crippen molar-refractivity contribution in [2.24, 2.45) is 0 Å². The molecule has 106 valence electrons. The van der Waals surface area contributed by atoms with E-state index in [1.807, 2.05) is 4.98 Å². The molecule has 0 saturated heterocycles. The maximum absolute atomic E-state index is 11.9. The highest BCUT2D eigenvalue weighted by molar-refractivity contribution is 7.89. The van der Waals surface area contributed by atoms with Crippen molar-refractivity contribution < 1.29 is 13.5 Å². The van der Waals surface area contributed by atoms with Crippen molar-refractivity contribution in [2.45, 2.75) is 36.2 Å². The largest absolute Gasteiger partial charge is 0.389 e. The molecule has 0 radical (unpaired) electrons. The minimum absolute atomic E-state index is 0.145. The fourth-order valence-electron chi connectivity index (χ4n) is 2.11. The summed E-state index contributed by atoms with van der Waals surface area (Å²) in [6, 6.07) is 0. The van der Waals surface area contributed by atoms with E-state index in [-0.39, 0.29) is 6.54 Å². The molecule has 0 atom stereocenters. The molecule has 0 aliphatic heterocycles. The van der Waals surface area contributed by atoms with E-state index in [0.717, 1.165) is 19.0 Å². The quantitative estimate of drug-likeness (QED) is 0.544. The van der Waals surface area contributed by atoms with Crippen LogP contribution in [0.1, 0.15) is 25.7 Å². The van der Waals surface area contributed by atoms with Crippen molar-refractivity contribution >= 4 is 10.0 Å². The van der Waals surface area contributed by atoms with Crippen LogP contribution in [0.2, 0.25) is 0 Å². The molecular formula is C10H15N3O5S. The first-order chi connectivity index (χ1) is 8.82. The molecule has 1 heterocycles. The first kappa shape index (κ1) is 14.0. The van der Waals surface area contributed by atoms with E-state index in [9.17, 15) is 23.1 Å². The topological polar surface area (TPSA) is 132 Å². The van der Waals surface area contributed by atoms with Gasteiger partial charge in [0.25, 0.3) is 5.56 Å². The summed E-state index contributed by atoms with van der Waals surface area (Å²) < 4.78 is 26.0. The highest BCUT2D eigenvalue weighted by atomic mass is 32.2. The first-order valence-corrected chi connectivity index (χ1v) is 7.35. The van der Waals surface area contributed by atoms with Crippen LogP contribution in [0.4, 0.5) is 0 Å². The summed E-state index contributed by atoms with van der Waals surface area (Å²) in [4.78, 5) is 25.6. The zero-order valence-corrected chi connectivity index (χ0v) is 10.9. The lowest BCUT2D eigenvalue weighted by molar-refractivity contribution is 0.0531. The first-order valence-electron chi connectivity index (χ1n) is 5.87. The van der Waals surface area contributed by atoms with E-state index in [0.29, 0.717) is 12.8 Å². The van der Waals surface area contributed by atoms with Crippen LogP contribution in [0, 0.1) is 0 Å². The lowest BCUT2D eigenvalue weighted by atomic mass is 10.0. The number of nitrogens with one attached hydrogen (secondary N) is 3. The number of hydrogen-bond donors (Lipinski definition) is 4. The van der Waals surface area contributed by atoms with E-state index < -0.39 is 31.8 Å². The average Bonchev–Trinajstić information content (AvgIpc) is 2.74. The van der Waals surface area contributed by atoms with Crippen molar-refractivity contribution in [1.82, 2.24) is 14.7 Å². The van der Waals surface area contributed by atoms with Gasteiger partial charge in [-0.1, -0.05) is 12.8 Å². The smallest absolute Gasteiger partial charge is 0.325 e. The Morgan fingerprint density at radius 3 is 2.53 bits per heavy atom. The van der Waals surface area contributed by atoms with E-state index in [2.05, 4.69) is 9.71 Å². The molecular weight excluding hydrogens is 274 g/mol. The molecule has 0 aromatic carbocycles. The molecule has 1 aromatic rings. The van der Waals surface area contributed by atoms with Gasteiger partial charge in [-0.25, -0.2) is 17.9 Å². The Labute approximate surface area is 108 Å². The van der Waals surface area contributed by atoms with E-state index >= 15 is 0 Å². The molecule has 19 heavy (non-hydrogen) atoms. The van der Waals surface area contributed by atoms with Crippen molar-refractivity contribution in [2.75, 3.05) is 6.54 Å². The van der Waals surface area contributed by atoms with Gasteiger partial charge in [0.1, 0.15) is 0 Å². The van der Waals surface area contributed by atoms with Crippen LogP contribution in [0.25, 0.3) is 0 Å². The lowest BCUT2D eigenvalue weighted by Gasteiger charge is -2.22. The van der Waals surface area contributed by atoms with Crippen LogP contribution < -0.4 is 16.0 Å². The molecule has 1 fully saturated rings. The van der Waals surface area contributed by atoms with Gasteiger partial charge in [0, 0.05) is 12.7 Å². The van der Waals surface area contributed by atoms with Crippen LogP contribution in [-0.2, 0) is 10.0 Å². The molecule has 0 bridgehead atoms. The minimum Gasteiger partial charge on any atom is -0.389 e. The number of rotatable bonds is 4. The molecule has 1 aliphatic rings. The van der Waals surface area contributed by atoms with Gasteiger partial charge in [-0.05, 0) is 12.8 Å². The molecule has 2 rings (SSSR count). The summed E-state index contributed by atoms with van der Waals surface area (Å²) in [6.07, 6.45) is 3.58. The van der Waals surface area contributed by atoms with Gasteiger partial charge >= 0.3 is 5.69 Å². The molecule has 1 saturated carbocycles. The summed E-state index contributed by atoms with van der Waals surface area (Å²) in [5.41, 5.74) is -2.82. The lowest BCUT2D eigenvalue weighted by Crippen LogP contribution is -2.42. The van der Waals surface area contributed by atoms with Crippen LogP contribution in [0.5, 0.6) is 0 Å². The van der Waals surface area contributed by atoms with Crippen LogP contribution in [0.15, 0.2) is 20.7 Å². The van der Waals surface area contributed by atoms with Gasteiger partial charge in [-0.3, -0.25) is 9.78 Å². The highest BCUT2D eigenvalue weighted by Gasteiger charge is 2.33. The predicted molar refractivity (Wildman–Crippen MR) is 66.3 cm³/mol. The third-order valence-corrected chi connectivity index (χ3v) is 4.61. The summed E-state index contributed by atoms with van der Waals surface area (Å²) in [6.45, 7) is -0.145. The van der Waals surface area contributed by atoms with Crippen LogP contribution in [-0.4, -0.2) is 35.6 Å². The molecule has 1 aromatic heterocycles. The highest BCUT2D eigenvalue weighted by Crippen LogP contribution is 2.28. The van der Waals surface area contributed by atoms with Crippen molar-refractivity contribution in [3.05, 3.63) is 27.0 Å². The Morgan fingerprint density at radius 2 is 1.95 bits per heavy atom.